The van der Waals surface area contributed by atoms with E-state index in [0.29, 0.717) is 11.3 Å². The zero-order valence-corrected chi connectivity index (χ0v) is 17.1. The van der Waals surface area contributed by atoms with Crippen LogP contribution >= 0.6 is 0 Å². The molecule has 31 heavy (non-hydrogen) atoms. The van der Waals surface area contributed by atoms with Gasteiger partial charge in [0.05, 0.1) is 11.3 Å². The molecule has 3 aromatic carbocycles. The summed E-state index contributed by atoms with van der Waals surface area (Å²) in [6, 6.07) is 23.6. The number of amides is 2. The molecule has 7 nitrogen and oxygen atoms in total. The highest BCUT2D eigenvalue weighted by molar-refractivity contribution is 6.01. The SMILES string of the molecule is CNC(=O)[C@H](Cc1ccc([N+](=O)[O-])cc1)N(C(=O)Cc1ccccc1)c1ccccc1. The van der Waals surface area contributed by atoms with Crippen LogP contribution in [0.4, 0.5) is 11.4 Å². The second kappa shape index (κ2) is 10.2. The number of nitro benzene ring substituents is 1. The maximum absolute atomic E-state index is 13.4. The summed E-state index contributed by atoms with van der Waals surface area (Å²) < 4.78 is 0. The van der Waals surface area contributed by atoms with Gasteiger partial charge >= 0.3 is 0 Å². The fourth-order valence-electron chi connectivity index (χ4n) is 3.39. The van der Waals surface area contributed by atoms with Gasteiger partial charge in [-0.3, -0.25) is 24.6 Å². The molecule has 0 bridgehead atoms. The number of nitro groups is 1. The fraction of sp³-hybridized carbons (Fsp3) is 0.167. The van der Waals surface area contributed by atoms with E-state index in [2.05, 4.69) is 5.32 Å². The van der Waals surface area contributed by atoms with Crippen LogP contribution in [0.1, 0.15) is 11.1 Å². The Hall–Kier alpha value is -4.00. The van der Waals surface area contributed by atoms with Crippen LogP contribution in [0.15, 0.2) is 84.9 Å². The van der Waals surface area contributed by atoms with E-state index in [-0.39, 0.29) is 30.3 Å². The number of carbonyl (C=O) groups excluding carboxylic acids is 2. The Kier molecular flexibility index (Phi) is 7.11. The summed E-state index contributed by atoms with van der Waals surface area (Å²) >= 11 is 0. The molecular weight excluding hydrogens is 394 g/mol. The molecular formula is C24H23N3O4. The van der Waals surface area contributed by atoms with Crippen molar-refractivity contribution in [1.29, 1.82) is 0 Å². The van der Waals surface area contributed by atoms with Crippen LogP contribution < -0.4 is 10.2 Å². The van der Waals surface area contributed by atoms with E-state index in [1.54, 1.807) is 24.3 Å². The van der Waals surface area contributed by atoms with Crippen LogP contribution in [0.25, 0.3) is 0 Å². The molecule has 3 rings (SSSR count). The minimum atomic E-state index is -0.815. The summed E-state index contributed by atoms with van der Waals surface area (Å²) in [6.45, 7) is 0. The Labute approximate surface area is 180 Å². The first-order chi connectivity index (χ1) is 15.0. The van der Waals surface area contributed by atoms with Crippen LogP contribution in [0, 0.1) is 10.1 Å². The second-order valence-corrected chi connectivity index (χ2v) is 7.02. The summed E-state index contributed by atoms with van der Waals surface area (Å²) in [5, 5.41) is 13.6. The summed E-state index contributed by atoms with van der Waals surface area (Å²) in [4.78, 5) is 38.2. The summed E-state index contributed by atoms with van der Waals surface area (Å²) in [7, 11) is 1.52. The smallest absolute Gasteiger partial charge is 0.269 e. The highest BCUT2D eigenvalue weighted by atomic mass is 16.6. The minimum absolute atomic E-state index is 0.0275. The van der Waals surface area contributed by atoms with E-state index >= 15 is 0 Å². The van der Waals surface area contributed by atoms with Crippen molar-refractivity contribution in [3.8, 4) is 0 Å². The van der Waals surface area contributed by atoms with Gasteiger partial charge in [-0.05, 0) is 23.3 Å². The summed E-state index contributed by atoms with van der Waals surface area (Å²) in [6.07, 6.45) is 0.358. The predicted molar refractivity (Wildman–Crippen MR) is 119 cm³/mol. The fourth-order valence-corrected chi connectivity index (χ4v) is 3.39. The lowest BCUT2D eigenvalue weighted by Gasteiger charge is -2.31. The highest BCUT2D eigenvalue weighted by Gasteiger charge is 2.31. The first kappa shape index (κ1) is 21.7. The van der Waals surface area contributed by atoms with E-state index in [9.17, 15) is 19.7 Å². The molecule has 158 valence electrons. The van der Waals surface area contributed by atoms with Crippen molar-refractivity contribution in [2.24, 2.45) is 0 Å². The van der Waals surface area contributed by atoms with Gasteiger partial charge in [0.25, 0.3) is 5.69 Å². The van der Waals surface area contributed by atoms with Crippen molar-refractivity contribution in [1.82, 2.24) is 5.32 Å². The van der Waals surface area contributed by atoms with Crippen molar-refractivity contribution < 1.29 is 14.5 Å². The minimum Gasteiger partial charge on any atom is -0.357 e. The van der Waals surface area contributed by atoms with Gasteiger partial charge in [0.2, 0.25) is 11.8 Å². The molecule has 0 aliphatic carbocycles. The number of benzene rings is 3. The summed E-state index contributed by atoms with van der Waals surface area (Å²) in [5.41, 5.74) is 2.14. The lowest BCUT2D eigenvalue weighted by Crippen LogP contribution is -2.51. The number of nitrogens with one attached hydrogen (secondary N) is 1. The normalized spacial score (nSPS) is 11.4. The van der Waals surface area contributed by atoms with Gasteiger partial charge in [0.1, 0.15) is 6.04 Å². The van der Waals surface area contributed by atoms with Crippen LogP contribution in [-0.4, -0.2) is 29.8 Å². The first-order valence-corrected chi connectivity index (χ1v) is 9.85. The second-order valence-electron chi connectivity index (χ2n) is 7.02. The Morgan fingerprint density at radius 2 is 1.48 bits per heavy atom. The Morgan fingerprint density at radius 3 is 2.03 bits per heavy atom. The number of hydrogen-bond donors (Lipinski definition) is 1. The molecule has 1 atom stereocenters. The molecule has 0 heterocycles. The van der Waals surface area contributed by atoms with Crippen LogP contribution in [0.5, 0.6) is 0 Å². The van der Waals surface area contributed by atoms with Gasteiger partial charge in [-0.25, -0.2) is 0 Å². The quantitative estimate of drug-likeness (QED) is 0.448. The van der Waals surface area contributed by atoms with Gasteiger partial charge in [0, 0.05) is 31.3 Å². The Balaban J connectivity index is 1.96. The number of rotatable bonds is 8. The van der Waals surface area contributed by atoms with E-state index in [0.717, 1.165) is 5.56 Å². The lowest BCUT2D eigenvalue weighted by molar-refractivity contribution is -0.384. The number of para-hydroxylation sites is 1. The molecule has 0 aromatic heterocycles. The molecule has 0 aliphatic heterocycles. The van der Waals surface area contributed by atoms with Crippen LogP contribution in [0.3, 0.4) is 0 Å². The van der Waals surface area contributed by atoms with Crippen molar-refractivity contribution in [2.75, 3.05) is 11.9 Å². The zero-order valence-electron chi connectivity index (χ0n) is 17.1. The number of hydrogen-bond acceptors (Lipinski definition) is 4. The molecule has 0 saturated carbocycles. The Morgan fingerprint density at radius 1 is 0.903 bits per heavy atom. The molecule has 0 aliphatic rings. The molecule has 0 fully saturated rings. The van der Waals surface area contributed by atoms with Crippen LogP contribution in [-0.2, 0) is 22.4 Å². The molecule has 1 N–H and O–H groups in total. The highest BCUT2D eigenvalue weighted by Crippen LogP contribution is 2.22. The van der Waals surface area contributed by atoms with Gasteiger partial charge in [-0.1, -0.05) is 60.7 Å². The average Bonchev–Trinajstić information content (AvgIpc) is 2.80. The molecule has 3 aromatic rings. The number of anilines is 1. The average molecular weight is 417 g/mol. The van der Waals surface area contributed by atoms with Crippen molar-refractivity contribution >= 4 is 23.2 Å². The zero-order chi connectivity index (χ0) is 22.2. The molecule has 0 radical (unpaired) electrons. The molecule has 0 spiro atoms. The maximum atomic E-state index is 13.4. The first-order valence-electron chi connectivity index (χ1n) is 9.85. The topological polar surface area (TPSA) is 92.5 Å². The molecule has 0 unspecified atom stereocenters. The van der Waals surface area contributed by atoms with Gasteiger partial charge in [-0.15, -0.1) is 0 Å². The van der Waals surface area contributed by atoms with E-state index in [1.807, 2.05) is 48.5 Å². The number of likely N-dealkylation sites (N-methyl/N-ethyl adjacent to an activating group) is 1. The van der Waals surface area contributed by atoms with Crippen molar-refractivity contribution in [2.45, 2.75) is 18.9 Å². The van der Waals surface area contributed by atoms with E-state index in [1.165, 1.54) is 24.1 Å². The number of carbonyl (C=O) groups is 2. The molecule has 0 saturated heterocycles. The third-order valence-corrected chi connectivity index (χ3v) is 4.94. The molecule has 2 amide bonds. The molecule has 7 heteroatoms. The predicted octanol–water partition coefficient (Wildman–Crippen LogP) is 3.53. The monoisotopic (exact) mass is 417 g/mol. The lowest BCUT2D eigenvalue weighted by atomic mass is 10.0. The van der Waals surface area contributed by atoms with Crippen molar-refractivity contribution in [3.63, 3.8) is 0 Å². The summed E-state index contributed by atoms with van der Waals surface area (Å²) in [5.74, 6) is -0.531. The largest absolute Gasteiger partial charge is 0.357 e. The van der Waals surface area contributed by atoms with E-state index < -0.39 is 11.0 Å². The van der Waals surface area contributed by atoms with Crippen LogP contribution in [0.2, 0.25) is 0 Å². The van der Waals surface area contributed by atoms with Gasteiger partial charge < -0.3 is 5.32 Å². The number of nitrogens with zero attached hydrogens (tertiary/aromatic N) is 2. The maximum Gasteiger partial charge on any atom is 0.269 e. The standard InChI is InChI=1S/C24H23N3O4/c1-25-24(29)22(16-19-12-14-21(15-13-19)27(30)31)26(20-10-6-3-7-11-20)23(28)17-18-8-4-2-5-9-18/h2-15,22H,16-17H2,1H3,(H,25,29)/t22-/m0/s1. The van der Waals surface area contributed by atoms with E-state index in [4.69, 9.17) is 0 Å². The third-order valence-electron chi connectivity index (χ3n) is 4.94. The van der Waals surface area contributed by atoms with Crippen molar-refractivity contribution in [3.05, 3.63) is 106 Å². The number of non-ortho nitro benzene ring substituents is 1. The van der Waals surface area contributed by atoms with Gasteiger partial charge in [0.15, 0.2) is 0 Å². The van der Waals surface area contributed by atoms with Gasteiger partial charge in [-0.2, -0.15) is 0 Å². The Bertz CT molecular complexity index is 1040. The third kappa shape index (κ3) is 5.54.